The molecule has 2 aromatic carbocycles. The molecule has 9 nitrogen and oxygen atoms in total. The lowest BCUT2D eigenvalue weighted by molar-refractivity contribution is -0.119. The molecule has 1 aliphatic heterocycles. The van der Waals surface area contributed by atoms with Crippen LogP contribution in [0.1, 0.15) is 22.5 Å². The monoisotopic (exact) mass is 442 g/mol. The standard InChI is InChI=1S/C24H22N6O3/c1-29-21-10-18-19(26-8-7-25-18)11-22(21)33-14-17(9-23(29)31)28-24(32)20-13-30(15-27-20)12-16-5-3-2-4-6-16/h2-8,10-11,13,15,17H,9,12,14H2,1H3,(H,28,32)/t17-/m1/s1. The molecule has 0 saturated heterocycles. The van der Waals surface area contributed by atoms with Crippen LogP contribution in [0.4, 0.5) is 5.69 Å². The van der Waals surface area contributed by atoms with Gasteiger partial charge < -0.3 is 19.5 Å². The lowest BCUT2D eigenvalue weighted by Gasteiger charge is -2.28. The summed E-state index contributed by atoms with van der Waals surface area (Å²) in [6.07, 6.45) is 6.63. The number of hydrogen-bond acceptors (Lipinski definition) is 6. The molecule has 0 bridgehead atoms. The van der Waals surface area contributed by atoms with Gasteiger partial charge in [0.15, 0.2) is 0 Å². The van der Waals surface area contributed by atoms with E-state index in [-0.39, 0.29) is 30.5 Å². The first-order chi connectivity index (χ1) is 16.1. The first kappa shape index (κ1) is 20.6. The number of ether oxygens (including phenoxy) is 1. The highest BCUT2D eigenvalue weighted by Crippen LogP contribution is 2.33. The number of aromatic nitrogens is 4. The van der Waals surface area contributed by atoms with E-state index in [1.165, 1.54) is 4.90 Å². The average Bonchev–Trinajstić information content (AvgIpc) is 3.30. The van der Waals surface area contributed by atoms with Crippen LogP contribution in [0.3, 0.4) is 0 Å². The number of benzene rings is 2. The molecule has 1 N–H and O–H groups in total. The largest absolute Gasteiger partial charge is 0.489 e. The summed E-state index contributed by atoms with van der Waals surface area (Å²) in [4.78, 5) is 40.0. The summed E-state index contributed by atoms with van der Waals surface area (Å²) in [5.41, 5.74) is 3.37. The number of carbonyl (C=O) groups is 2. The summed E-state index contributed by atoms with van der Waals surface area (Å²) in [7, 11) is 1.68. The second-order valence-corrected chi connectivity index (χ2v) is 7.92. The summed E-state index contributed by atoms with van der Waals surface area (Å²) in [6.45, 7) is 0.763. The molecule has 9 heteroatoms. The van der Waals surface area contributed by atoms with Crippen LogP contribution >= 0.6 is 0 Å². The van der Waals surface area contributed by atoms with Crippen molar-refractivity contribution in [3.8, 4) is 5.75 Å². The lowest BCUT2D eigenvalue weighted by Crippen LogP contribution is -2.44. The topological polar surface area (TPSA) is 102 Å². The number of hydrogen-bond donors (Lipinski definition) is 1. The molecule has 33 heavy (non-hydrogen) atoms. The SMILES string of the molecule is CN1C(=O)C[C@@H](NC(=O)c2cn(Cc3ccccc3)cn2)COc2cc3nccnc3cc21. The molecular formula is C24H22N6O3. The van der Waals surface area contributed by atoms with Crippen LogP contribution in [0.2, 0.25) is 0 Å². The Labute approximate surface area is 190 Å². The van der Waals surface area contributed by atoms with Crippen molar-refractivity contribution in [2.75, 3.05) is 18.6 Å². The Morgan fingerprint density at radius 2 is 1.88 bits per heavy atom. The number of imidazole rings is 1. The molecule has 2 amide bonds. The minimum absolute atomic E-state index is 0.102. The number of carbonyl (C=O) groups excluding carboxylic acids is 2. The zero-order chi connectivity index (χ0) is 22.8. The Kier molecular flexibility index (Phi) is 5.43. The van der Waals surface area contributed by atoms with E-state index in [1.54, 1.807) is 44.1 Å². The molecule has 2 aromatic heterocycles. The fourth-order valence-electron chi connectivity index (χ4n) is 3.80. The van der Waals surface area contributed by atoms with Gasteiger partial charge in [-0.05, 0) is 11.6 Å². The molecule has 0 aliphatic carbocycles. The van der Waals surface area contributed by atoms with Crippen LogP contribution in [-0.4, -0.2) is 51.0 Å². The molecule has 0 unspecified atom stereocenters. The molecule has 3 heterocycles. The van der Waals surface area contributed by atoms with Gasteiger partial charge in [0, 0.05) is 38.2 Å². The Bertz CT molecular complexity index is 1320. The number of nitrogens with zero attached hydrogens (tertiary/aromatic N) is 5. The van der Waals surface area contributed by atoms with Gasteiger partial charge in [-0.25, -0.2) is 4.98 Å². The van der Waals surface area contributed by atoms with Gasteiger partial charge in [0.1, 0.15) is 18.1 Å². The Balaban J connectivity index is 1.30. The first-order valence-corrected chi connectivity index (χ1v) is 10.6. The van der Waals surface area contributed by atoms with Crippen molar-refractivity contribution in [1.82, 2.24) is 24.8 Å². The summed E-state index contributed by atoms with van der Waals surface area (Å²) in [5, 5.41) is 2.88. The summed E-state index contributed by atoms with van der Waals surface area (Å²) in [6, 6.07) is 13.0. The Hall–Kier alpha value is -4.27. The number of fused-ring (bicyclic) bond motifs is 2. The summed E-state index contributed by atoms with van der Waals surface area (Å²) in [5.74, 6) is 0.0312. The lowest BCUT2D eigenvalue weighted by atomic mass is 10.1. The van der Waals surface area contributed by atoms with Crippen molar-refractivity contribution in [2.24, 2.45) is 0 Å². The van der Waals surface area contributed by atoms with Crippen molar-refractivity contribution < 1.29 is 14.3 Å². The van der Waals surface area contributed by atoms with Crippen molar-refractivity contribution in [3.05, 3.63) is 78.6 Å². The molecule has 0 saturated carbocycles. The molecule has 0 spiro atoms. The van der Waals surface area contributed by atoms with E-state index >= 15 is 0 Å². The smallest absolute Gasteiger partial charge is 0.271 e. The molecule has 1 atom stereocenters. The van der Waals surface area contributed by atoms with Gasteiger partial charge >= 0.3 is 0 Å². The minimum atomic E-state index is -0.502. The maximum Gasteiger partial charge on any atom is 0.271 e. The zero-order valence-corrected chi connectivity index (χ0v) is 18.0. The molecular weight excluding hydrogens is 420 g/mol. The Morgan fingerprint density at radius 1 is 1.12 bits per heavy atom. The van der Waals surface area contributed by atoms with Crippen LogP contribution in [0, 0.1) is 0 Å². The maximum absolute atomic E-state index is 12.9. The van der Waals surface area contributed by atoms with Crippen molar-refractivity contribution >= 4 is 28.5 Å². The maximum atomic E-state index is 12.9. The van der Waals surface area contributed by atoms with E-state index in [4.69, 9.17) is 4.74 Å². The highest BCUT2D eigenvalue weighted by molar-refractivity contribution is 5.98. The predicted octanol–water partition coefficient (Wildman–Crippen LogP) is 2.42. The van der Waals surface area contributed by atoms with E-state index in [2.05, 4.69) is 20.3 Å². The van der Waals surface area contributed by atoms with Gasteiger partial charge in [0.2, 0.25) is 5.91 Å². The van der Waals surface area contributed by atoms with Gasteiger partial charge in [-0.15, -0.1) is 0 Å². The van der Waals surface area contributed by atoms with E-state index in [0.717, 1.165) is 5.56 Å². The van der Waals surface area contributed by atoms with Crippen LogP contribution in [0.25, 0.3) is 11.0 Å². The number of anilines is 1. The zero-order valence-electron chi connectivity index (χ0n) is 18.0. The third-order valence-corrected chi connectivity index (χ3v) is 5.56. The van der Waals surface area contributed by atoms with Crippen LogP contribution in [0.5, 0.6) is 5.75 Å². The predicted molar refractivity (Wildman–Crippen MR) is 122 cm³/mol. The fraction of sp³-hybridized carbons (Fsp3) is 0.208. The number of amides is 2. The second-order valence-electron chi connectivity index (χ2n) is 7.92. The highest BCUT2D eigenvalue weighted by atomic mass is 16.5. The number of rotatable bonds is 4. The third kappa shape index (κ3) is 4.38. The first-order valence-electron chi connectivity index (χ1n) is 10.6. The third-order valence-electron chi connectivity index (χ3n) is 5.56. The van der Waals surface area contributed by atoms with E-state index in [1.807, 2.05) is 34.9 Å². The average molecular weight is 442 g/mol. The molecule has 166 valence electrons. The Morgan fingerprint density at radius 3 is 2.67 bits per heavy atom. The van der Waals surface area contributed by atoms with E-state index < -0.39 is 6.04 Å². The molecule has 0 fully saturated rings. The van der Waals surface area contributed by atoms with Crippen molar-refractivity contribution in [2.45, 2.75) is 19.0 Å². The van der Waals surface area contributed by atoms with Gasteiger partial charge in [-0.3, -0.25) is 19.6 Å². The van der Waals surface area contributed by atoms with Gasteiger partial charge in [-0.2, -0.15) is 0 Å². The quantitative estimate of drug-likeness (QED) is 0.521. The number of nitrogens with one attached hydrogen (secondary N) is 1. The van der Waals surface area contributed by atoms with Crippen LogP contribution in [-0.2, 0) is 11.3 Å². The summed E-state index contributed by atoms with van der Waals surface area (Å²) < 4.78 is 7.83. The molecule has 5 rings (SSSR count). The van der Waals surface area contributed by atoms with Crippen LogP contribution < -0.4 is 15.0 Å². The van der Waals surface area contributed by atoms with Crippen molar-refractivity contribution in [3.63, 3.8) is 0 Å². The normalized spacial score (nSPS) is 16.0. The second kappa shape index (κ2) is 8.70. The van der Waals surface area contributed by atoms with Crippen LogP contribution in [0.15, 0.2) is 67.4 Å². The fourth-order valence-corrected chi connectivity index (χ4v) is 3.80. The molecule has 0 radical (unpaired) electrons. The van der Waals surface area contributed by atoms with Gasteiger partial charge in [-0.1, -0.05) is 30.3 Å². The van der Waals surface area contributed by atoms with Gasteiger partial charge in [0.05, 0.1) is 35.5 Å². The van der Waals surface area contributed by atoms with Gasteiger partial charge in [0.25, 0.3) is 5.91 Å². The van der Waals surface area contributed by atoms with E-state index in [0.29, 0.717) is 29.0 Å². The minimum Gasteiger partial charge on any atom is -0.489 e. The summed E-state index contributed by atoms with van der Waals surface area (Å²) >= 11 is 0. The molecule has 4 aromatic rings. The van der Waals surface area contributed by atoms with E-state index in [9.17, 15) is 9.59 Å². The van der Waals surface area contributed by atoms with Crippen molar-refractivity contribution in [1.29, 1.82) is 0 Å². The highest BCUT2D eigenvalue weighted by Gasteiger charge is 2.27. The molecule has 1 aliphatic rings.